The molecule has 0 spiro atoms. The van der Waals surface area contributed by atoms with Crippen molar-refractivity contribution in [1.82, 2.24) is 0 Å². The third-order valence-electron chi connectivity index (χ3n) is 3.77. The number of carbonyl (C=O) groups is 1. The number of nitriles is 1. The lowest BCUT2D eigenvalue weighted by Crippen LogP contribution is -2.14. The van der Waals surface area contributed by atoms with Gasteiger partial charge in [-0.05, 0) is 54.8 Å². The van der Waals surface area contributed by atoms with Gasteiger partial charge >= 0.3 is 6.18 Å². The first-order chi connectivity index (χ1) is 11.7. The van der Waals surface area contributed by atoms with Gasteiger partial charge in [0.2, 0.25) is 0 Å². The number of halogens is 3. The van der Waals surface area contributed by atoms with Crippen LogP contribution in [0.2, 0.25) is 0 Å². The van der Waals surface area contributed by atoms with Crippen LogP contribution in [0.4, 0.5) is 18.9 Å². The highest BCUT2D eigenvalue weighted by molar-refractivity contribution is 6.10. The van der Waals surface area contributed by atoms with Crippen LogP contribution >= 0.6 is 0 Å². The molecular weight excluding hydrogens is 329 g/mol. The van der Waals surface area contributed by atoms with E-state index in [-0.39, 0.29) is 5.57 Å². The van der Waals surface area contributed by atoms with Crippen molar-refractivity contribution in [2.45, 2.75) is 20.0 Å². The van der Waals surface area contributed by atoms with Gasteiger partial charge in [0.05, 0.1) is 5.56 Å². The summed E-state index contributed by atoms with van der Waals surface area (Å²) in [6.07, 6.45) is -3.18. The molecule has 128 valence electrons. The molecule has 0 unspecified atom stereocenters. The van der Waals surface area contributed by atoms with Crippen LogP contribution in [0.25, 0.3) is 6.08 Å². The smallest absolute Gasteiger partial charge is 0.321 e. The Morgan fingerprint density at radius 1 is 1.12 bits per heavy atom. The van der Waals surface area contributed by atoms with Crippen molar-refractivity contribution in [3.8, 4) is 6.07 Å². The molecule has 0 aromatic heterocycles. The van der Waals surface area contributed by atoms with E-state index in [4.69, 9.17) is 0 Å². The number of benzene rings is 2. The van der Waals surface area contributed by atoms with Gasteiger partial charge in [0.15, 0.2) is 0 Å². The molecule has 0 fully saturated rings. The van der Waals surface area contributed by atoms with Crippen molar-refractivity contribution < 1.29 is 18.0 Å². The lowest BCUT2D eigenvalue weighted by Gasteiger charge is -2.10. The first-order valence-corrected chi connectivity index (χ1v) is 7.39. The lowest BCUT2D eigenvalue weighted by molar-refractivity contribution is -0.137. The quantitative estimate of drug-likeness (QED) is 0.638. The summed E-state index contributed by atoms with van der Waals surface area (Å²) in [5.41, 5.74) is 1.80. The maximum absolute atomic E-state index is 12.6. The van der Waals surface area contributed by atoms with E-state index in [1.807, 2.05) is 19.9 Å². The Bertz CT molecular complexity index is 860. The van der Waals surface area contributed by atoms with Crippen LogP contribution in [0.5, 0.6) is 0 Å². The Kier molecular flexibility index (Phi) is 5.28. The predicted molar refractivity (Wildman–Crippen MR) is 89.6 cm³/mol. The van der Waals surface area contributed by atoms with Gasteiger partial charge in [-0.15, -0.1) is 0 Å². The fourth-order valence-corrected chi connectivity index (χ4v) is 2.16. The number of hydrogen-bond acceptors (Lipinski definition) is 2. The van der Waals surface area contributed by atoms with Gasteiger partial charge in [-0.25, -0.2) is 0 Å². The molecule has 0 aliphatic heterocycles. The molecule has 25 heavy (non-hydrogen) atoms. The Morgan fingerprint density at radius 2 is 1.76 bits per heavy atom. The first-order valence-electron chi connectivity index (χ1n) is 7.39. The summed E-state index contributed by atoms with van der Waals surface area (Å²) in [4.78, 5) is 12.3. The molecule has 0 aliphatic rings. The summed E-state index contributed by atoms with van der Waals surface area (Å²) in [5.74, 6) is -0.615. The minimum absolute atomic E-state index is 0.194. The van der Waals surface area contributed by atoms with Gasteiger partial charge in [0.1, 0.15) is 11.6 Å². The van der Waals surface area contributed by atoms with Crippen molar-refractivity contribution in [2.24, 2.45) is 0 Å². The number of alkyl halides is 3. The SMILES string of the molecule is Cc1cccc(NC(=O)/C(C#N)=C/c2ccc(C(F)(F)F)cc2)c1C. The average Bonchev–Trinajstić information content (AvgIpc) is 2.56. The summed E-state index contributed by atoms with van der Waals surface area (Å²) in [6, 6.07) is 11.4. The molecule has 0 heterocycles. The van der Waals surface area contributed by atoms with E-state index in [2.05, 4.69) is 5.32 Å². The summed E-state index contributed by atoms with van der Waals surface area (Å²) >= 11 is 0. The topological polar surface area (TPSA) is 52.9 Å². The van der Waals surface area contributed by atoms with E-state index in [9.17, 15) is 23.2 Å². The van der Waals surface area contributed by atoms with Gasteiger partial charge in [-0.1, -0.05) is 24.3 Å². The molecule has 2 rings (SSSR count). The number of nitrogens with one attached hydrogen (secondary N) is 1. The number of anilines is 1. The third-order valence-corrected chi connectivity index (χ3v) is 3.77. The molecule has 3 nitrogen and oxygen atoms in total. The molecule has 1 N–H and O–H groups in total. The third kappa shape index (κ3) is 4.48. The molecule has 0 bridgehead atoms. The second-order valence-corrected chi connectivity index (χ2v) is 5.49. The fourth-order valence-electron chi connectivity index (χ4n) is 2.16. The fraction of sp³-hybridized carbons (Fsp3) is 0.158. The Hall–Kier alpha value is -3.07. The van der Waals surface area contributed by atoms with E-state index in [0.29, 0.717) is 11.3 Å². The zero-order valence-electron chi connectivity index (χ0n) is 13.6. The van der Waals surface area contributed by atoms with Crippen molar-refractivity contribution in [2.75, 3.05) is 5.32 Å². The Labute approximate surface area is 143 Å². The van der Waals surface area contributed by atoms with Crippen LogP contribution < -0.4 is 5.32 Å². The highest BCUT2D eigenvalue weighted by Crippen LogP contribution is 2.29. The number of hydrogen-bond donors (Lipinski definition) is 1. The minimum Gasteiger partial charge on any atom is -0.321 e. The molecule has 0 atom stereocenters. The zero-order chi connectivity index (χ0) is 18.6. The van der Waals surface area contributed by atoms with Crippen LogP contribution in [0.3, 0.4) is 0 Å². The van der Waals surface area contributed by atoms with Gasteiger partial charge in [-0.3, -0.25) is 4.79 Å². The largest absolute Gasteiger partial charge is 0.416 e. The van der Waals surface area contributed by atoms with Gasteiger partial charge in [0.25, 0.3) is 5.91 Å². The van der Waals surface area contributed by atoms with E-state index in [1.54, 1.807) is 18.2 Å². The number of rotatable bonds is 3. The second-order valence-electron chi connectivity index (χ2n) is 5.49. The number of aryl methyl sites for hydroxylation is 1. The zero-order valence-corrected chi connectivity index (χ0v) is 13.6. The summed E-state index contributed by atoms with van der Waals surface area (Å²) in [6.45, 7) is 3.74. The summed E-state index contributed by atoms with van der Waals surface area (Å²) < 4.78 is 37.7. The van der Waals surface area contributed by atoms with E-state index in [1.165, 1.54) is 18.2 Å². The predicted octanol–water partition coefficient (Wildman–Crippen LogP) is 4.87. The van der Waals surface area contributed by atoms with Gasteiger partial charge in [-0.2, -0.15) is 18.4 Å². The van der Waals surface area contributed by atoms with Crippen LogP contribution in [0, 0.1) is 25.2 Å². The van der Waals surface area contributed by atoms with E-state index < -0.39 is 17.6 Å². The highest BCUT2D eigenvalue weighted by Gasteiger charge is 2.29. The molecule has 2 aromatic carbocycles. The Morgan fingerprint density at radius 3 is 2.32 bits per heavy atom. The molecule has 0 radical (unpaired) electrons. The van der Waals surface area contributed by atoms with Crippen molar-refractivity contribution >= 4 is 17.7 Å². The lowest BCUT2D eigenvalue weighted by atomic mass is 10.1. The minimum atomic E-state index is -4.43. The normalized spacial score (nSPS) is 11.8. The van der Waals surface area contributed by atoms with E-state index in [0.717, 1.165) is 23.3 Å². The monoisotopic (exact) mass is 344 g/mol. The standard InChI is InChI=1S/C19H15F3N2O/c1-12-4-3-5-17(13(12)2)24-18(25)15(11-23)10-14-6-8-16(9-7-14)19(20,21)22/h3-10H,1-2H3,(H,24,25)/b15-10+. The molecule has 0 saturated carbocycles. The molecule has 0 saturated heterocycles. The van der Waals surface area contributed by atoms with Gasteiger partial charge < -0.3 is 5.32 Å². The summed E-state index contributed by atoms with van der Waals surface area (Å²) in [7, 11) is 0. The van der Waals surface area contributed by atoms with E-state index >= 15 is 0 Å². The van der Waals surface area contributed by atoms with Crippen LogP contribution in [0.15, 0.2) is 48.0 Å². The maximum atomic E-state index is 12.6. The first kappa shape index (κ1) is 18.3. The second kappa shape index (κ2) is 7.22. The van der Waals surface area contributed by atoms with Crippen molar-refractivity contribution in [3.05, 3.63) is 70.3 Å². The van der Waals surface area contributed by atoms with Crippen molar-refractivity contribution in [1.29, 1.82) is 5.26 Å². The van der Waals surface area contributed by atoms with Gasteiger partial charge in [0, 0.05) is 5.69 Å². The molecule has 1 amide bonds. The number of carbonyl (C=O) groups excluding carboxylic acids is 1. The molecule has 6 heteroatoms. The average molecular weight is 344 g/mol. The van der Waals surface area contributed by atoms with Crippen LogP contribution in [-0.2, 0) is 11.0 Å². The van der Waals surface area contributed by atoms with Crippen molar-refractivity contribution in [3.63, 3.8) is 0 Å². The molecule has 2 aromatic rings. The van der Waals surface area contributed by atoms with Crippen LogP contribution in [-0.4, -0.2) is 5.91 Å². The number of nitrogens with zero attached hydrogens (tertiary/aromatic N) is 1. The molecule has 0 aliphatic carbocycles. The summed E-state index contributed by atoms with van der Waals surface area (Å²) in [5, 5.41) is 11.8. The van der Waals surface area contributed by atoms with Crippen LogP contribution in [0.1, 0.15) is 22.3 Å². The number of amides is 1. The maximum Gasteiger partial charge on any atom is 0.416 e. The highest BCUT2D eigenvalue weighted by atomic mass is 19.4. The molecular formula is C19H15F3N2O. The Balaban J connectivity index is 2.24.